The normalized spacial score (nSPS) is 10.1. The van der Waals surface area contributed by atoms with E-state index in [1.54, 1.807) is 0 Å². The van der Waals surface area contributed by atoms with E-state index < -0.39 is 12.1 Å². The Hall–Kier alpha value is -3.80. The Labute approximate surface area is 169 Å². The number of rotatable bonds is 7. The van der Waals surface area contributed by atoms with Gasteiger partial charge in [-0.3, -0.25) is 0 Å². The molecule has 0 aromatic heterocycles. The van der Waals surface area contributed by atoms with Crippen LogP contribution in [-0.2, 0) is 21.0 Å². The van der Waals surface area contributed by atoms with Crippen LogP contribution in [0.1, 0.15) is 12.0 Å². The van der Waals surface area contributed by atoms with Crippen molar-refractivity contribution >= 4 is 23.4 Å². The standard InChI is InChI=1S/C23H22N2O4/c26-22(29-24-23(27)28-18-19-10-4-1-5-11-19)16-17-25(20-12-6-2-7-13-20)21-14-8-3-9-15-21/h1-15H,16-18H2,(H,24,27). The number of amides is 1. The van der Waals surface area contributed by atoms with Crippen molar-refractivity contribution in [3.05, 3.63) is 96.6 Å². The molecule has 3 aromatic carbocycles. The van der Waals surface area contributed by atoms with Gasteiger partial charge in [0, 0.05) is 17.9 Å². The van der Waals surface area contributed by atoms with Gasteiger partial charge in [-0.15, -0.1) is 5.48 Å². The second-order valence-electron chi connectivity index (χ2n) is 6.21. The van der Waals surface area contributed by atoms with E-state index >= 15 is 0 Å². The maximum Gasteiger partial charge on any atom is 0.441 e. The fraction of sp³-hybridized carbons (Fsp3) is 0.130. The average molecular weight is 390 g/mol. The molecule has 0 bridgehead atoms. The Balaban J connectivity index is 1.48. The van der Waals surface area contributed by atoms with E-state index in [9.17, 15) is 9.59 Å². The highest BCUT2D eigenvalue weighted by molar-refractivity contribution is 5.74. The number of para-hydroxylation sites is 2. The third kappa shape index (κ3) is 6.39. The largest absolute Gasteiger partial charge is 0.443 e. The summed E-state index contributed by atoms with van der Waals surface area (Å²) >= 11 is 0. The zero-order valence-electron chi connectivity index (χ0n) is 15.9. The lowest BCUT2D eigenvalue weighted by Crippen LogP contribution is -2.29. The van der Waals surface area contributed by atoms with E-state index in [0.717, 1.165) is 16.9 Å². The van der Waals surface area contributed by atoms with Crippen LogP contribution >= 0.6 is 0 Å². The van der Waals surface area contributed by atoms with Crippen LogP contribution in [0, 0.1) is 0 Å². The van der Waals surface area contributed by atoms with Crippen molar-refractivity contribution in [2.24, 2.45) is 0 Å². The number of anilines is 2. The molecule has 0 heterocycles. The first kappa shape index (κ1) is 19.9. The SMILES string of the molecule is O=C(CCN(c1ccccc1)c1ccccc1)ONC(=O)OCc1ccccc1. The molecule has 6 nitrogen and oxygen atoms in total. The van der Waals surface area contributed by atoms with Crippen LogP contribution in [0.5, 0.6) is 0 Å². The van der Waals surface area contributed by atoms with E-state index in [0.29, 0.717) is 6.54 Å². The molecule has 0 fully saturated rings. The minimum atomic E-state index is -0.815. The number of carbonyl (C=O) groups excluding carboxylic acids is 2. The Morgan fingerprint density at radius 3 is 1.83 bits per heavy atom. The number of benzene rings is 3. The topological polar surface area (TPSA) is 67.9 Å². The van der Waals surface area contributed by atoms with Gasteiger partial charge in [0.05, 0.1) is 6.42 Å². The average Bonchev–Trinajstić information content (AvgIpc) is 2.78. The van der Waals surface area contributed by atoms with Crippen molar-refractivity contribution in [3.63, 3.8) is 0 Å². The summed E-state index contributed by atoms with van der Waals surface area (Å²) < 4.78 is 5.01. The fourth-order valence-electron chi connectivity index (χ4n) is 2.73. The molecule has 0 aliphatic heterocycles. The van der Waals surface area contributed by atoms with Crippen LogP contribution in [0.3, 0.4) is 0 Å². The van der Waals surface area contributed by atoms with Gasteiger partial charge in [0.1, 0.15) is 6.61 Å². The van der Waals surface area contributed by atoms with Gasteiger partial charge in [0.25, 0.3) is 0 Å². The number of ether oxygens (including phenoxy) is 1. The van der Waals surface area contributed by atoms with E-state index in [4.69, 9.17) is 9.57 Å². The minimum Gasteiger partial charge on any atom is -0.443 e. The van der Waals surface area contributed by atoms with E-state index in [1.165, 1.54) is 0 Å². The Morgan fingerprint density at radius 1 is 0.759 bits per heavy atom. The summed E-state index contributed by atoms with van der Waals surface area (Å²) in [5.74, 6) is -0.557. The molecule has 0 saturated heterocycles. The lowest BCUT2D eigenvalue weighted by molar-refractivity contribution is -0.149. The smallest absolute Gasteiger partial charge is 0.441 e. The highest BCUT2D eigenvalue weighted by Crippen LogP contribution is 2.24. The predicted octanol–water partition coefficient (Wildman–Crippen LogP) is 4.60. The Bertz CT molecular complexity index is 862. The van der Waals surface area contributed by atoms with Crippen molar-refractivity contribution in [2.45, 2.75) is 13.0 Å². The van der Waals surface area contributed by atoms with Crippen LogP contribution in [0.15, 0.2) is 91.0 Å². The van der Waals surface area contributed by atoms with Gasteiger partial charge >= 0.3 is 12.1 Å². The number of carbonyl (C=O) groups is 2. The van der Waals surface area contributed by atoms with E-state index in [2.05, 4.69) is 0 Å². The van der Waals surface area contributed by atoms with Crippen molar-refractivity contribution < 1.29 is 19.2 Å². The van der Waals surface area contributed by atoms with Crippen LogP contribution < -0.4 is 10.4 Å². The molecule has 1 N–H and O–H groups in total. The molecule has 0 atom stereocenters. The molecule has 29 heavy (non-hydrogen) atoms. The molecule has 0 aliphatic rings. The van der Waals surface area contributed by atoms with Crippen molar-refractivity contribution in [1.82, 2.24) is 5.48 Å². The molecular formula is C23H22N2O4. The third-order valence-electron chi connectivity index (χ3n) is 4.14. The van der Waals surface area contributed by atoms with Crippen LogP contribution in [0.4, 0.5) is 16.2 Å². The van der Waals surface area contributed by atoms with Gasteiger partial charge in [-0.25, -0.2) is 9.59 Å². The Morgan fingerprint density at radius 2 is 1.28 bits per heavy atom. The highest BCUT2D eigenvalue weighted by atomic mass is 16.7. The third-order valence-corrected chi connectivity index (χ3v) is 4.14. The van der Waals surface area contributed by atoms with E-state index in [-0.39, 0.29) is 13.0 Å². The first-order valence-electron chi connectivity index (χ1n) is 9.26. The fourth-order valence-corrected chi connectivity index (χ4v) is 2.73. The molecule has 148 valence electrons. The zero-order chi connectivity index (χ0) is 20.3. The molecule has 1 amide bonds. The summed E-state index contributed by atoms with van der Waals surface area (Å²) in [5.41, 5.74) is 4.79. The van der Waals surface area contributed by atoms with Crippen LogP contribution in [-0.4, -0.2) is 18.6 Å². The predicted molar refractivity (Wildman–Crippen MR) is 110 cm³/mol. The highest BCUT2D eigenvalue weighted by Gasteiger charge is 2.13. The quantitative estimate of drug-likeness (QED) is 0.597. The minimum absolute atomic E-state index is 0.0861. The summed E-state index contributed by atoms with van der Waals surface area (Å²) in [5, 5.41) is 0. The molecular weight excluding hydrogens is 368 g/mol. The first-order chi connectivity index (χ1) is 14.2. The molecule has 0 unspecified atom stereocenters. The molecule has 6 heteroatoms. The lowest BCUT2D eigenvalue weighted by atomic mass is 10.2. The summed E-state index contributed by atoms with van der Waals surface area (Å²) in [6.07, 6.45) is -0.729. The summed E-state index contributed by atoms with van der Waals surface area (Å²) in [7, 11) is 0. The summed E-state index contributed by atoms with van der Waals surface area (Å²) in [4.78, 5) is 30.6. The van der Waals surface area contributed by atoms with Crippen LogP contribution in [0.2, 0.25) is 0 Å². The molecule has 3 rings (SSSR count). The number of hydrogen-bond acceptors (Lipinski definition) is 5. The molecule has 0 radical (unpaired) electrons. The second-order valence-corrected chi connectivity index (χ2v) is 6.21. The van der Waals surface area contributed by atoms with Gasteiger partial charge in [0.15, 0.2) is 0 Å². The Kier molecular flexibility index (Phi) is 7.23. The number of hydrogen-bond donors (Lipinski definition) is 1. The summed E-state index contributed by atoms with van der Waals surface area (Å²) in [6, 6.07) is 28.7. The van der Waals surface area contributed by atoms with Gasteiger partial charge in [0.2, 0.25) is 0 Å². The van der Waals surface area contributed by atoms with Crippen molar-refractivity contribution in [3.8, 4) is 0 Å². The van der Waals surface area contributed by atoms with Crippen molar-refractivity contribution in [2.75, 3.05) is 11.4 Å². The number of nitrogens with zero attached hydrogens (tertiary/aromatic N) is 1. The van der Waals surface area contributed by atoms with Gasteiger partial charge < -0.3 is 14.5 Å². The summed E-state index contributed by atoms with van der Waals surface area (Å²) in [6.45, 7) is 0.494. The van der Waals surface area contributed by atoms with Gasteiger partial charge in [-0.2, -0.15) is 0 Å². The number of hydroxylamine groups is 1. The molecule has 0 saturated carbocycles. The van der Waals surface area contributed by atoms with Crippen LogP contribution in [0.25, 0.3) is 0 Å². The van der Waals surface area contributed by atoms with Gasteiger partial charge in [-0.1, -0.05) is 66.7 Å². The second kappa shape index (κ2) is 10.5. The number of nitrogens with one attached hydrogen (secondary N) is 1. The molecule has 0 spiro atoms. The lowest BCUT2D eigenvalue weighted by Gasteiger charge is -2.24. The van der Waals surface area contributed by atoms with E-state index in [1.807, 2.05) is 101 Å². The monoisotopic (exact) mass is 390 g/mol. The zero-order valence-corrected chi connectivity index (χ0v) is 15.9. The van der Waals surface area contributed by atoms with Crippen molar-refractivity contribution in [1.29, 1.82) is 0 Å². The maximum atomic E-state index is 12.1. The first-order valence-corrected chi connectivity index (χ1v) is 9.26. The maximum absolute atomic E-state index is 12.1. The molecule has 0 aliphatic carbocycles. The molecule has 3 aromatic rings. The van der Waals surface area contributed by atoms with Gasteiger partial charge in [-0.05, 0) is 29.8 Å².